The molecule has 8 aromatic heterocycles. The average molecular weight is 1230 g/mol. The summed E-state index contributed by atoms with van der Waals surface area (Å²) in [5.74, 6) is 0.478. The first-order valence-corrected chi connectivity index (χ1v) is 32.2. The van der Waals surface area contributed by atoms with E-state index >= 15 is 0 Å². The van der Waals surface area contributed by atoms with Gasteiger partial charge in [0.15, 0.2) is 0 Å². The van der Waals surface area contributed by atoms with Crippen molar-refractivity contribution in [2.24, 2.45) is 51.9 Å². The molecular formula is C72H72N16O4. The van der Waals surface area contributed by atoms with E-state index < -0.39 is 24.4 Å². The molecule has 0 spiro atoms. The molecule has 12 aromatic rings. The molecule has 4 N–H and O–H groups in total. The summed E-state index contributed by atoms with van der Waals surface area (Å²) >= 11 is 0. The van der Waals surface area contributed by atoms with Crippen LogP contribution in [0.4, 0.5) is 0 Å². The summed E-state index contributed by atoms with van der Waals surface area (Å²) in [5, 5.41) is 61.9. The summed E-state index contributed by atoms with van der Waals surface area (Å²) in [6.45, 7) is 0. The Balaban J connectivity index is 0.0000000939. The standard InChI is InChI=1S/4C18H18N4O/c4*1-21-9-11-6-7-14(18(23)16(11)20-21)17-13-5-3-2-4-12(13)15-8-19-10-22(15)17/h4*2-5,8-10,14,17-18,23H,6-7H2,1H3/t2*14-,17+,18+;2*14-,17-,18+/m1010/s1. The summed E-state index contributed by atoms with van der Waals surface area (Å²) in [5.41, 5.74) is 22.7. The van der Waals surface area contributed by atoms with E-state index in [2.05, 4.69) is 156 Å². The van der Waals surface area contributed by atoms with E-state index in [1.165, 1.54) is 66.8 Å². The van der Waals surface area contributed by atoms with Crippen molar-refractivity contribution in [3.8, 4) is 45.0 Å². The first kappa shape index (κ1) is 56.4. The van der Waals surface area contributed by atoms with Gasteiger partial charge in [-0.2, -0.15) is 20.4 Å². The van der Waals surface area contributed by atoms with Crippen molar-refractivity contribution in [3.05, 3.63) is 239 Å². The maximum atomic E-state index is 11.0. The number of rotatable bonds is 4. The van der Waals surface area contributed by atoms with Crippen LogP contribution in [-0.4, -0.2) is 97.8 Å². The van der Waals surface area contributed by atoms with Crippen LogP contribution in [0.3, 0.4) is 0 Å². The van der Waals surface area contributed by atoms with E-state index in [9.17, 15) is 20.4 Å². The van der Waals surface area contributed by atoms with Crippen molar-refractivity contribution in [1.29, 1.82) is 0 Å². The largest absolute Gasteiger partial charge is 0.386 e. The monoisotopic (exact) mass is 1220 g/mol. The van der Waals surface area contributed by atoms with E-state index in [4.69, 9.17) is 0 Å². The molecule has 12 atom stereocenters. The highest BCUT2D eigenvalue weighted by Gasteiger charge is 2.46. The molecule has 20 rings (SSSR count). The zero-order valence-corrected chi connectivity index (χ0v) is 51.7. The molecule has 4 aromatic carbocycles. The molecule has 0 bridgehead atoms. The SMILES string of the molecule is Cn1cc2c(n1)[C@@H](O)[C@@H]([C@@H]1c3ccccc3-c3cncn31)CC2.Cn1cc2c(n1)[C@@H](O)[C@@H]([C@H]1c3ccccc3-c3cncn31)CC2.Cn1cc2c(n1)[C@H](O)[C@H]([C@@H]1c3ccccc3-c3cncn31)CC2.Cn1cc2c(n1)[C@H](O)[C@H]([C@H]1c3ccccc3-c3cncn31)CC2. The van der Waals surface area contributed by atoms with E-state index in [0.717, 1.165) is 96.9 Å². The highest BCUT2D eigenvalue weighted by atomic mass is 16.3. The van der Waals surface area contributed by atoms with Gasteiger partial charge in [-0.15, -0.1) is 0 Å². The van der Waals surface area contributed by atoms with Crippen LogP contribution in [0.1, 0.15) is 142 Å². The van der Waals surface area contributed by atoms with Gasteiger partial charge in [0, 0.05) is 98.9 Å². The van der Waals surface area contributed by atoms with Crippen LogP contribution in [-0.2, 0) is 53.9 Å². The lowest BCUT2D eigenvalue weighted by molar-refractivity contribution is 0.0679. The van der Waals surface area contributed by atoms with Crippen LogP contribution in [0.15, 0.2) is 172 Å². The van der Waals surface area contributed by atoms with Crippen LogP contribution in [0, 0.1) is 23.7 Å². The number of fused-ring (bicyclic) bond motifs is 16. The van der Waals surface area contributed by atoms with Crippen molar-refractivity contribution in [1.82, 2.24) is 77.3 Å². The molecule has 0 amide bonds. The Morgan fingerprint density at radius 2 is 0.533 bits per heavy atom. The molecule has 464 valence electrons. The third kappa shape index (κ3) is 8.92. The fourth-order valence-corrected chi connectivity index (χ4v) is 17.3. The van der Waals surface area contributed by atoms with E-state index in [1.807, 2.05) is 122 Å². The normalized spacial score (nSPS) is 25.0. The number of hydrogen-bond acceptors (Lipinski definition) is 12. The number of benzene rings is 4. The minimum absolute atomic E-state index is 0.119. The quantitative estimate of drug-likeness (QED) is 0.129. The fraction of sp³-hybridized carbons (Fsp3) is 0.333. The topological polar surface area (TPSA) is 223 Å². The highest BCUT2D eigenvalue weighted by molar-refractivity contribution is 5.72. The minimum atomic E-state index is -0.536. The average Bonchev–Trinajstić information content (AvgIpc) is 1.61. The van der Waals surface area contributed by atoms with Crippen molar-refractivity contribution >= 4 is 0 Å². The van der Waals surface area contributed by atoms with Gasteiger partial charge in [-0.3, -0.25) is 18.7 Å². The van der Waals surface area contributed by atoms with Gasteiger partial charge in [0.25, 0.3) is 0 Å². The number of nitrogens with zero attached hydrogens (tertiary/aromatic N) is 16. The lowest BCUT2D eigenvalue weighted by Crippen LogP contribution is -2.28. The van der Waals surface area contributed by atoms with E-state index in [1.54, 1.807) is 0 Å². The lowest BCUT2D eigenvalue weighted by Gasteiger charge is -2.33. The molecule has 0 fully saturated rings. The Morgan fingerprint density at radius 3 is 0.761 bits per heavy atom. The molecule has 0 saturated carbocycles. The Bertz CT molecular complexity index is 4170. The minimum Gasteiger partial charge on any atom is -0.386 e. The second-order valence-corrected chi connectivity index (χ2v) is 26.3. The second kappa shape index (κ2) is 22.1. The van der Waals surface area contributed by atoms with Gasteiger partial charge in [-0.05, 0) is 95.9 Å². The summed E-state index contributed by atoms with van der Waals surface area (Å²) in [4.78, 5) is 17.3. The van der Waals surface area contributed by atoms with Gasteiger partial charge in [0.2, 0.25) is 0 Å². The lowest BCUT2D eigenvalue weighted by atomic mass is 9.78. The summed E-state index contributed by atoms with van der Waals surface area (Å²) in [6.07, 6.45) is 28.9. The van der Waals surface area contributed by atoms with Gasteiger partial charge >= 0.3 is 0 Å². The first-order valence-electron chi connectivity index (χ1n) is 32.2. The van der Waals surface area contributed by atoms with Crippen molar-refractivity contribution in [2.75, 3.05) is 0 Å². The number of aromatic nitrogens is 16. The van der Waals surface area contributed by atoms with Crippen molar-refractivity contribution in [2.45, 2.75) is 99.9 Å². The fourth-order valence-electron chi connectivity index (χ4n) is 17.3. The predicted octanol–water partition coefficient (Wildman–Crippen LogP) is 9.93. The number of aryl methyl sites for hydroxylation is 8. The number of hydrogen-bond donors (Lipinski definition) is 4. The number of aliphatic hydroxyl groups is 4. The third-order valence-electron chi connectivity index (χ3n) is 21.2. The molecule has 4 aliphatic heterocycles. The maximum Gasteiger partial charge on any atom is 0.103 e. The molecule has 8 aliphatic rings. The molecule has 20 nitrogen and oxygen atoms in total. The van der Waals surface area contributed by atoms with E-state index in [0.29, 0.717) is 0 Å². The second-order valence-electron chi connectivity index (χ2n) is 26.3. The molecule has 20 heteroatoms. The van der Waals surface area contributed by atoms with Crippen molar-refractivity contribution in [3.63, 3.8) is 0 Å². The molecule has 4 aliphatic carbocycles. The van der Waals surface area contributed by atoms with Crippen LogP contribution in [0.2, 0.25) is 0 Å². The molecular weight excluding hydrogens is 1150 g/mol. The molecule has 0 saturated heterocycles. The van der Waals surface area contributed by atoms with Crippen molar-refractivity contribution < 1.29 is 20.4 Å². The number of aliphatic hydroxyl groups excluding tert-OH is 4. The van der Waals surface area contributed by atoms with Crippen LogP contribution < -0.4 is 0 Å². The molecule has 0 radical (unpaired) electrons. The zero-order chi connectivity index (χ0) is 62.2. The first-order chi connectivity index (χ1) is 44.9. The van der Waals surface area contributed by atoms with Gasteiger partial charge in [0.1, 0.15) is 24.4 Å². The molecule has 92 heavy (non-hydrogen) atoms. The predicted molar refractivity (Wildman–Crippen MR) is 343 cm³/mol. The highest BCUT2D eigenvalue weighted by Crippen LogP contribution is 2.54. The summed E-state index contributed by atoms with van der Waals surface area (Å²) in [7, 11) is 7.66. The third-order valence-corrected chi connectivity index (χ3v) is 21.2. The Hall–Kier alpha value is -9.60. The van der Waals surface area contributed by atoms with Gasteiger partial charge in [-0.25, -0.2) is 19.9 Å². The zero-order valence-electron chi connectivity index (χ0n) is 51.7. The molecule has 0 unspecified atom stereocenters. The maximum absolute atomic E-state index is 11.0. The van der Waals surface area contributed by atoms with Gasteiger partial charge < -0.3 is 38.7 Å². The van der Waals surface area contributed by atoms with E-state index in [-0.39, 0.29) is 47.8 Å². The Labute approximate surface area is 531 Å². The Kier molecular flexibility index (Phi) is 13.5. The van der Waals surface area contributed by atoms with Crippen LogP contribution in [0.25, 0.3) is 45.0 Å². The summed E-state index contributed by atoms with van der Waals surface area (Å²) in [6, 6.07) is 34.4. The van der Waals surface area contributed by atoms with Crippen LogP contribution >= 0.6 is 0 Å². The van der Waals surface area contributed by atoms with Crippen LogP contribution in [0.5, 0.6) is 0 Å². The summed E-state index contributed by atoms with van der Waals surface area (Å²) < 4.78 is 16.1. The Morgan fingerprint density at radius 1 is 0.315 bits per heavy atom. The van der Waals surface area contributed by atoms with Gasteiger partial charge in [0.05, 0.1) is 120 Å². The smallest absolute Gasteiger partial charge is 0.103 e. The van der Waals surface area contributed by atoms with Gasteiger partial charge in [-0.1, -0.05) is 97.1 Å². The number of imidazole rings is 4. The molecule has 12 heterocycles.